The third-order valence-corrected chi connectivity index (χ3v) is 1.49. The fourth-order valence-electron chi connectivity index (χ4n) is 0.408. The zero-order chi connectivity index (χ0) is 5.82. The second kappa shape index (κ2) is 2.74. The number of aliphatic hydroxyl groups is 1. The first-order valence-corrected chi connectivity index (χ1v) is 3.08. The summed E-state index contributed by atoms with van der Waals surface area (Å²) in [6.45, 7) is 0.184. The number of hydrogen-bond acceptors (Lipinski definition) is 4. The number of hydrogen-bond donors (Lipinski definition) is 1. The highest BCUT2D eigenvalue weighted by Crippen LogP contribution is 2.00. The van der Waals surface area contributed by atoms with Gasteiger partial charge in [-0.1, -0.05) is 4.49 Å². The number of aromatic nitrogens is 2. The summed E-state index contributed by atoms with van der Waals surface area (Å²) in [6.07, 6.45) is 2.35. The first-order chi connectivity index (χ1) is 3.93. The molecule has 0 radical (unpaired) electrons. The minimum atomic E-state index is 0.184. The van der Waals surface area contributed by atoms with Gasteiger partial charge in [0, 0.05) is 17.9 Å². The molecule has 4 heteroatoms. The fraction of sp³-hybridized carbons (Fsp3) is 0.500. The summed E-state index contributed by atoms with van der Waals surface area (Å²) >= 11 is 1.33. The molecule has 0 spiro atoms. The van der Waals surface area contributed by atoms with Gasteiger partial charge in [0.1, 0.15) is 0 Å². The van der Waals surface area contributed by atoms with E-state index in [-0.39, 0.29) is 6.61 Å². The van der Waals surface area contributed by atoms with Gasteiger partial charge in [0.25, 0.3) is 0 Å². The lowest BCUT2D eigenvalue weighted by molar-refractivity contribution is 0.300. The van der Waals surface area contributed by atoms with Crippen LogP contribution in [0.3, 0.4) is 0 Å². The molecule has 1 rings (SSSR count). The van der Waals surface area contributed by atoms with Crippen molar-refractivity contribution in [3.8, 4) is 0 Å². The van der Waals surface area contributed by atoms with E-state index in [1.165, 1.54) is 11.5 Å². The molecule has 0 saturated carbocycles. The molecule has 1 aromatic heterocycles. The second-order valence-corrected chi connectivity index (χ2v) is 2.23. The highest BCUT2D eigenvalue weighted by Gasteiger charge is 1.90. The van der Waals surface area contributed by atoms with E-state index in [0.717, 1.165) is 4.88 Å². The summed E-state index contributed by atoms with van der Waals surface area (Å²) < 4.78 is 3.62. The topological polar surface area (TPSA) is 46.0 Å². The SMILES string of the molecule is OCCc1cnns1. The minimum Gasteiger partial charge on any atom is -0.396 e. The molecule has 1 aromatic rings. The van der Waals surface area contributed by atoms with Gasteiger partial charge in [-0.3, -0.25) is 0 Å². The highest BCUT2D eigenvalue weighted by molar-refractivity contribution is 7.05. The Bertz CT molecular complexity index is 140. The van der Waals surface area contributed by atoms with Crippen molar-refractivity contribution in [3.63, 3.8) is 0 Å². The van der Waals surface area contributed by atoms with Gasteiger partial charge in [0.15, 0.2) is 0 Å². The molecule has 1 heterocycles. The van der Waals surface area contributed by atoms with Crippen LogP contribution in [0.25, 0.3) is 0 Å². The quantitative estimate of drug-likeness (QED) is 0.616. The van der Waals surface area contributed by atoms with Crippen LogP contribution in [0.15, 0.2) is 6.20 Å². The van der Waals surface area contributed by atoms with E-state index in [9.17, 15) is 0 Å². The maximum absolute atomic E-state index is 8.39. The molecule has 0 saturated heterocycles. The first-order valence-electron chi connectivity index (χ1n) is 2.30. The smallest absolute Gasteiger partial charge is 0.0654 e. The zero-order valence-corrected chi connectivity index (χ0v) is 5.06. The summed E-state index contributed by atoms with van der Waals surface area (Å²) in [5.41, 5.74) is 0. The molecule has 0 bridgehead atoms. The Morgan fingerprint density at radius 2 is 2.62 bits per heavy atom. The largest absolute Gasteiger partial charge is 0.396 e. The van der Waals surface area contributed by atoms with Crippen LogP contribution >= 0.6 is 11.5 Å². The van der Waals surface area contributed by atoms with E-state index < -0.39 is 0 Å². The van der Waals surface area contributed by atoms with Crippen LogP contribution in [-0.4, -0.2) is 21.3 Å². The standard InChI is InChI=1S/C4H6N2OS/c7-2-1-4-3-5-6-8-4/h3,7H,1-2H2. The predicted octanol–water partition coefficient (Wildman–Crippen LogP) is 0.0729. The van der Waals surface area contributed by atoms with Crippen LogP contribution < -0.4 is 0 Å². The van der Waals surface area contributed by atoms with Crippen molar-refractivity contribution in [1.29, 1.82) is 0 Å². The molecule has 0 amide bonds. The number of rotatable bonds is 2. The Hall–Kier alpha value is -0.480. The Labute approximate surface area is 51.1 Å². The van der Waals surface area contributed by atoms with Gasteiger partial charge in [0.2, 0.25) is 0 Å². The number of nitrogens with zero attached hydrogens (tertiary/aromatic N) is 2. The first kappa shape index (κ1) is 5.65. The van der Waals surface area contributed by atoms with E-state index in [4.69, 9.17) is 5.11 Å². The van der Waals surface area contributed by atoms with Crippen molar-refractivity contribution in [1.82, 2.24) is 9.59 Å². The summed E-state index contributed by atoms with van der Waals surface area (Å²) in [6, 6.07) is 0. The van der Waals surface area contributed by atoms with Crippen molar-refractivity contribution < 1.29 is 5.11 Å². The molecule has 0 fully saturated rings. The molecule has 0 aliphatic heterocycles. The Morgan fingerprint density at radius 1 is 1.75 bits per heavy atom. The van der Waals surface area contributed by atoms with E-state index in [1.807, 2.05) is 0 Å². The summed E-state index contributed by atoms with van der Waals surface area (Å²) in [4.78, 5) is 1.03. The van der Waals surface area contributed by atoms with Gasteiger partial charge in [-0.2, -0.15) is 0 Å². The lowest BCUT2D eigenvalue weighted by Crippen LogP contribution is -1.84. The Morgan fingerprint density at radius 3 is 3.12 bits per heavy atom. The van der Waals surface area contributed by atoms with E-state index >= 15 is 0 Å². The molecule has 0 aromatic carbocycles. The molecule has 0 aliphatic carbocycles. The average molecular weight is 130 g/mol. The van der Waals surface area contributed by atoms with Gasteiger partial charge < -0.3 is 5.11 Å². The maximum atomic E-state index is 8.39. The normalized spacial score (nSPS) is 9.62. The van der Waals surface area contributed by atoms with Crippen LogP contribution in [-0.2, 0) is 6.42 Å². The van der Waals surface area contributed by atoms with Crippen LogP contribution in [0, 0.1) is 0 Å². The number of aliphatic hydroxyl groups excluding tert-OH is 1. The lowest BCUT2D eigenvalue weighted by atomic mass is 10.4. The van der Waals surface area contributed by atoms with Crippen LogP contribution in [0.4, 0.5) is 0 Å². The van der Waals surface area contributed by atoms with Crippen molar-refractivity contribution in [3.05, 3.63) is 11.1 Å². The van der Waals surface area contributed by atoms with Gasteiger partial charge in [-0.15, -0.1) is 5.10 Å². The van der Waals surface area contributed by atoms with Crippen LogP contribution in [0.5, 0.6) is 0 Å². The molecule has 8 heavy (non-hydrogen) atoms. The highest BCUT2D eigenvalue weighted by atomic mass is 32.1. The van der Waals surface area contributed by atoms with Crippen LogP contribution in [0.1, 0.15) is 4.88 Å². The summed E-state index contributed by atoms with van der Waals surface area (Å²) in [5.74, 6) is 0. The monoisotopic (exact) mass is 130 g/mol. The Balaban J connectivity index is 2.50. The molecule has 0 unspecified atom stereocenters. The lowest BCUT2D eigenvalue weighted by Gasteiger charge is -1.82. The van der Waals surface area contributed by atoms with Crippen molar-refractivity contribution in [2.75, 3.05) is 6.61 Å². The van der Waals surface area contributed by atoms with Crippen LogP contribution in [0.2, 0.25) is 0 Å². The van der Waals surface area contributed by atoms with Crippen molar-refractivity contribution in [2.24, 2.45) is 0 Å². The van der Waals surface area contributed by atoms with Gasteiger partial charge in [-0.25, -0.2) is 0 Å². The second-order valence-electron chi connectivity index (χ2n) is 1.36. The maximum Gasteiger partial charge on any atom is 0.0654 e. The van der Waals surface area contributed by atoms with E-state index in [2.05, 4.69) is 9.59 Å². The molecule has 0 atom stereocenters. The third kappa shape index (κ3) is 1.24. The zero-order valence-electron chi connectivity index (χ0n) is 4.24. The van der Waals surface area contributed by atoms with Gasteiger partial charge >= 0.3 is 0 Å². The Kier molecular flexibility index (Phi) is 1.93. The molecule has 0 aliphatic rings. The van der Waals surface area contributed by atoms with E-state index in [0.29, 0.717) is 6.42 Å². The molecular weight excluding hydrogens is 124 g/mol. The fourth-order valence-corrected chi connectivity index (χ4v) is 0.884. The molecular formula is C4H6N2OS. The predicted molar refractivity (Wildman–Crippen MR) is 30.7 cm³/mol. The molecule has 3 nitrogen and oxygen atoms in total. The molecule has 44 valence electrons. The average Bonchev–Trinajstić information content (AvgIpc) is 2.19. The van der Waals surface area contributed by atoms with Crippen molar-refractivity contribution in [2.45, 2.75) is 6.42 Å². The minimum absolute atomic E-state index is 0.184. The van der Waals surface area contributed by atoms with E-state index in [1.54, 1.807) is 6.20 Å². The summed E-state index contributed by atoms with van der Waals surface area (Å²) in [7, 11) is 0. The third-order valence-electron chi connectivity index (χ3n) is 0.765. The summed E-state index contributed by atoms with van der Waals surface area (Å²) in [5, 5.41) is 12.0. The molecule has 1 N–H and O–H groups in total. The van der Waals surface area contributed by atoms with Gasteiger partial charge in [0.05, 0.1) is 6.20 Å². The van der Waals surface area contributed by atoms with Gasteiger partial charge in [-0.05, 0) is 11.5 Å². The van der Waals surface area contributed by atoms with Crippen molar-refractivity contribution >= 4 is 11.5 Å².